The van der Waals surface area contributed by atoms with E-state index in [1.165, 1.54) is 19.3 Å². The van der Waals surface area contributed by atoms with Gasteiger partial charge in [-0.3, -0.25) is 9.78 Å². The van der Waals surface area contributed by atoms with Crippen molar-refractivity contribution < 1.29 is 18.0 Å². The molecule has 0 aliphatic heterocycles. The molecule has 7 nitrogen and oxygen atoms in total. The van der Waals surface area contributed by atoms with Crippen molar-refractivity contribution in [2.45, 2.75) is 19.6 Å². The minimum atomic E-state index is -4.58. The first-order chi connectivity index (χ1) is 12.8. The van der Waals surface area contributed by atoms with Gasteiger partial charge in [0, 0.05) is 36.0 Å². The molecule has 10 heteroatoms. The monoisotopic (exact) mass is 374 g/mol. The van der Waals surface area contributed by atoms with E-state index in [0.29, 0.717) is 11.4 Å². The van der Waals surface area contributed by atoms with Crippen LogP contribution in [0.3, 0.4) is 0 Å². The fourth-order valence-electron chi connectivity index (χ4n) is 2.21. The minimum Gasteiger partial charge on any atom is -0.345 e. The van der Waals surface area contributed by atoms with Crippen LogP contribution in [0.4, 0.5) is 13.2 Å². The minimum absolute atomic E-state index is 0.136. The summed E-state index contributed by atoms with van der Waals surface area (Å²) in [7, 11) is 0. The normalized spacial score (nSPS) is 11.3. The van der Waals surface area contributed by atoms with E-state index in [1.807, 2.05) is 0 Å². The maximum absolute atomic E-state index is 12.8. The molecule has 0 saturated carbocycles. The molecule has 3 aromatic rings. The van der Waals surface area contributed by atoms with Gasteiger partial charge in [0.15, 0.2) is 5.82 Å². The zero-order chi connectivity index (χ0) is 19.4. The number of carbonyl (C=O) groups is 1. The zero-order valence-electron chi connectivity index (χ0n) is 14.0. The summed E-state index contributed by atoms with van der Waals surface area (Å²) in [4.78, 5) is 31.6. The number of aromatic nitrogens is 5. The lowest BCUT2D eigenvalue weighted by molar-refractivity contribution is -0.141. The third-order valence-corrected chi connectivity index (χ3v) is 3.43. The Morgan fingerprint density at radius 1 is 1.15 bits per heavy atom. The second-order valence-corrected chi connectivity index (χ2v) is 5.53. The predicted molar refractivity (Wildman–Crippen MR) is 88.2 cm³/mol. The summed E-state index contributed by atoms with van der Waals surface area (Å²) >= 11 is 0. The van der Waals surface area contributed by atoms with Crippen LogP contribution in [0.5, 0.6) is 0 Å². The molecule has 1 N–H and O–H groups in total. The first-order valence-electron chi connectivity index (χ1n) is 7.75. The molecule has 0 saturated heterocycles. The van der Waals surface area contributed by atoms with Gasteiger partial charge in [0.05, 0.1) is 12.1 Å². The molecule has 3 heterocycles. The van der Waals surface area contributed by atoms with Crippen molar-refractivity contribution in [1.29, 1.82) is 0 Å². The zero-order valence-corrected chi connectivity index (χ0v) is 14.0. The van der Waals surface area contributed by atoms with Gasteiger partial charge in [0.1, 0.15) is 11.5 Å². The molecule has 0 atom stereocenters. The molecule has 0 aromatic carbocycles. The second kappa shape index (κ2) is 7.44. The first kappa shape index (κ1) is 18.4. The molecule has 0 aliphatic rings. The molecule has 0 bridgehead atoms. The van der Waals surface area contributed by atoms with Crippen LogP contribution in [0.2, 0.25) is 0 Å². The van der Waals surface area contributed by atoms with E-state index in [1.54, 1.807) is 24.5 Å². The summed E-state index contributed by atoms with van der Waals surface area (Å²) in [6.45, 7) is 1.17. The van der Waals surface area contributed by atoms with Gasteiger partial charge in [-0.25, -0.2) is 19.9 Å². The Hall–Kier alpha value is -3.43. The molecular formula is C17H13F3N6O. The number of aryl methyl sites for hydroxylation is 1. The second-order valence-electron chi connectivity index (χ2n) is 5.53. The van der Waals surface area contributed by atoms with Crippen LogP contribution >= 0.6 is 0 Å². The standard InChI is InChI=1S/C17H13F3N6O/c1-10-5-13(17(18,19)20)26-14(25-10)9-24-16(27)12-7-22-15(23-8-12)11-3-2-4-21-6-11/h2-8H,9H2,1H3,(H,24,27). The highest BCUT2D eigenvalue weighted by molar-refractivity contribution is 5.93. The number of hydrogen-bond donors (Lipinski definition) is 1. The van der Waals surface area contributed by atoms with Crippen molar-refractivity contribution in [3.63, 3.8) is 0 Å². The number of carbonyl (C=O) groups excluding carboxylic acids is 1. The van der Waals surface area contributed by atoms with Gasteiger partial charge in [-0.15, -0.1) is 0 Å². The van der Waals surface area contributed by atoms with Crippen molar-refractivity contribution in [2.24, 2.45) is 0 Å². The van der Waals surface area contributed by atoms with Gasteiger partial charge in [-0.1, -0.05) is 0 Å². The maximum Gasteiger partial charge on any atom is 0.433 e. The van der Waals surface area contributed by atoms with E-state index < -0.39 is 17.8 Å². The fourth-order valence-corrected chi connectivity index (χ4v) is 2.21. The van der Waals surface area contributed by atoms with Crippen LogP contribution in [0, 0.1) is 6.92 Å². The summed E-state index contributed by atoms with van der Waals surface area (Å²) < 4.78 is 38.4. The van der Waals surface area contributed by atoms with Gasteiger partial charge in [0.2, 0.25) is 0 Å². The third kappa shape index (κ3) is 4.60. The lowest BCUT2D eigenvalue weighted by atomic mass is 10.2. The van der Waals surface area contributed by atoms with E-state index in [9.17, 15) is 18.0 Å². The first-order valence-corrected chi connectivity index (χ1v) is 7.75. The molecule has 0 aliphatic carbocycles. The number of nitrogens with one attached hydrogen (secondary N) is 1. The molecule has 3 aromatic heterocycles. The van der Waals surface area contributed by atoms with E-state index in [0.717, 1.165) is 6.07 Å². The molecule has 27 heavy (non-hydrogen) atoms. The van der Waals surface area contributed by atoms with Gasteiger partial charge in [-0.2, -0.15) is 13.2 Å². The van der Waals surface area contributed by atoms with E-state index in [2.05, 4.69) is 30.2 Å². The van der Waals surface area contributed by atoms with Crippen molar-refractivity contribution in [2.75, 3.05) is 0 Å². The molecule has 0 fully saturated rings. The van der Waals surface area contributed by atoms with Gasteiger partial charge >= 0.3 is 6.18 Å². The SMILES string of the molecule is Cc1cc(C(F)(F)F)nc(CNC(=O)c2cnc(-c3cccnc3)nc2)n1. The Morgan fingerprint density at radius 3 is 2.52 bits per heavy atom. The van der Waals surface area contributed by atoms with E-state index in [-0.39, 0.29) is 23.6 Å². The van der Waals surface area contributed by atoms with Crippen LogP contribution in [0.15, 0.2) is 43.0 Å². The lowest BCUT2D eigenvalue weighted by Crippen LogP contribution is -2.25. The smallest absolute Gasteiger partial charge is 0.345 e. The number of halogens is 3. The Labute approximate surface area is 151 Å². The number of nitrogens with zero attached hydrogens (tertiary/aromatic N) is 5. The van der Waals surface area contributed by atoms with Crippen molar-refractivity contribution in [1.82, 2.24) is 30.2 Å². The maximum atomic E-state index is 12.8. The topological polar surface area (TPSA) is 93.6 Å². The van der Waals surface area contributed by atoms with Crippen molar-refractivity contribution in [3.8, 4) is 11.4 Å². The van der Waals surface area contributed by atoms with Crippen LogP contribution in [0.25, 0.3) is 11.4 Å². The molecule has 0 unspecified atom stereocenters. The number of pyridine rings is 1. The lowest BCUT2D eigenvalue weighted by Gasteiger charge is -2.09. The Balaban J connectivity index is 1.69. The number of alkyl halides is 3. The van der Waals surface area contributed by atoms with Gasteiger partial charge < -0.3 is 5.32 Å². The molecule has 1 amide bonds. The molecule has 0 radical (unpaired) electrons. The van der Waals surface area contributed by atoms with Crippen LogP contribution < -0.4 is 5.32 Å². The molecule has 138 valence electrons. The average Bonchev–Trinajstić information content (AvgIpc) is 2.66. The fraction of sp³-hybridized carbons (Fsp3) is 0.176. The van der Waals surface area contributed by atoms with E-state index in [4.69, 9.17) is 0 Å². The van der Waals surface area contributed by atoms with Crippen LogP contribution in [0.1, 0.15) is 27.6 Å². The van der Waals surface area contributed by atoms with Gasteiger partial charge in [0.25, 0.3) is 5.91 Å². The summed E-state index contributed by atoms with van der Waals surface area (Å²) in [5.74, 6) is -0.286. The third-order valence-electron chi connectivity index (χ3n) is 3.43. The van der Waals surface area contributed by atoms with Crippen molar-refractivity contribution >= 4 is 5.91 Å². The number of amides is 1. The molecule has 3 rings (SSSR count). The van der Waals surface area contributed by atoms with Crippen molar-refractivity contribution in [3.05, 3.63) is 65.8 Å². The summed E-state index contributed by atoms with van der Waals surface area (Å²) in [5, 5.41) is 2.46. The Kier molecular flexibility index (Phi) is 5.06. The molecular weight excluding hydrogens is 361 g/mol. The summed E-state index contributed by atoms with van der Waals surface area (Å²) in [6.07, 6.45) is 1.26. The van der Waals surface area contributed by atoms with Gasteiger partial charge in [-0.05, 0) is 25.1 Å². The van der Waals surface area contributed by atoms with Crippen LogP contribution in [-0.2, 0) is 12.7 Å². The molecule has 0 spiro atoms. The number of rotatable bonds is 4. The van der Waals surface area contributed by atoms with Crippen LogP contribution in [-0.4, -0.2) is 30.8 Å². The highest BCUT2D eigenvalue weighted by Gasteiger charge is 2.33. The average molecular weight is 374 g/mol. The quantitative estimate of drug-likeness (QED) is 0.754. The largest absolute Gasteiger partial charge is 0.433 e. The predicted octanol–water partition coefficient (Wildman–Crippen LogP) is 2.59. The highest BCUT2D eigenvalue weighted by atomic mass is 19.4. The summed E-state index contributed by atoms with van der Waals surface area (Å²) in [5.41, 5.74) is -0.0437. The summed E-state index contributed by atoms with van der Waals surface area (Å²) in [6, 6.07) is 4.35. The highest BCUT2D eigenvalue weighted by Crippen LogP contribution is 2.27. The Morgan fingerprint density at radius 2 is 1.89 bits per heavy atom. The number of hydrogen-bond acceptors (Lipinski definition) is 6. The Bertz CT molecular complexity index is 945. The van der Waals surface area contributed by atoms with E-state index >= 15 is 0 Å².